The molecule has 0 radical (unpaired) electrons. The second-order valence-electron chi connectivity index (χ2n) is 6.39. The monoisotopic (exact) mass is 417 g/mol. The highest BCUT2D eigenvalue weighted by atomic mass is 35.5. The minimum atomic E-state index is -0.270. The maximum Gasteiger partial charge on any atom is 0.258 e. The van der Waals surface area contributed by atoms with Gasteiger partial charge in [-0.25, -0.2) is 4.98 Å². The van der Waals surface area contributed by atoms with Crippen molar-refractivity contribution in [3.63, 3.8) is 0 Å². The van der Waals surface area contributed by atoms with E-state index < -0.39 is 0 Å². The number of hydrogen-bond donors (Lipinski definition) is 1. The first-order chi connectivity index (χ1) is 13.5. The molecule has 0 aliphatic heterocycles. The van der Waals surface area contributed by atoms with Crippen LogP contribution in [0.3, 0.4) is 0 Å². The number of fused-ring (bicyclic) bond motifs is 1. The predicted octanol–water partition coefficient (Wildman–Crippen LogP) is 4.04. The summed E-state index contributed by atoms with van der Waals surface area (Å²) in [7, 11) is 0. The quantitative estimate of drug-likeness (QED) is 0.560. The number of nitrogens with one attached hydrogen (secondary N) is 1. The molecule has 0 fully saturated rings. The SMILES string of the molecule is CCCN(Cc1nc2cc(Cl)ccc2c(=O)[nH]1)C(=O)CCC(=O)c1cccs1. The van der Waals surface area contributed by atoms with Crippen molar-refractivity contribution < 1.29 is 9.59 Å². The standard InChI is InChI=1S/C20H20ClN3O3S/c1-2-9-24(19(26)8-7-16(25)17-4-3-10-28-17)12-18-22-15-11-13(21)5-6-14(15)20(27)23-18/h3-6,10-11H,2,7-9,12H2,1H3,(H,22,23,27). The van der Waals surface area contributed by atoms with Gasteiger partial charge in [-0.3, -0.25) is 14.4 Å². The largest absolute Gasteiger partial charge is 0.335 e. The Balaban J connectivity index is 1.73. The lowest BCUT2D eigenvalue weighted by Gasteiger charge is -2.21. The van der Waals surface area contributed by atoms with Crippen molar-refractivity contribution in [1.82, 2.24) is 14.9 Å². The highest BCUT2D eigenvalue weighted by Crippen LogP contribution is 2.16. The predicted molar refractivity (Wildman–Crippen MR) is 111 cm³/mol. The normalized spacial score (nSPS) is 10.9. The zero-order chi connectivity index (χ0) is 20.1. The minimum absolute atomic E-state index is 0.0355. The summed E-state index contributed by atoms with van der Waals surface area (Å²) in [5.74, 6) is 0.221. The molecule has 0 bridgehead atoms. The number of Topliss-reactive ketones (excluding diaryl/α,β-unsaturated/α-hetero) is 1. The van der Waals surface area contributed by atoms with Gasteiger partial charge in [0, 0.05) is 24.4 Å². The number of benzene rings is 1. The average molecular weight is 418 g/mol. The van der Waals surface area contributed by atoms with Crippen LogP contribution in [0.2, 0.25) is 5.02 Å². The maximum absolute atomic E-state index is 12.7. The molecule has 146 valence electrons. The van der Waals surface area contributed by atoms with E-state index >= 15 is 0 Å². The zero-order valence-corrected chi connectivity index (χ0v) is 17.0. The van der Waals surface area contributed by atoms with Crippen molar-refractivity contribution in [3.8, 4) is 0 Å². The number of amides is 1. The summed E-state index contributed by atoms with van der Waals surface area (Å²) in [6, 6.07) is 8.46. The van der Waals surface area contributed by atoms with Gasteiger partial charge in [-0.1, -0.05) is 24.6 Å². The molecule has 0 aliphatic carbocycles. The first-order valence-corrected chi connectivity index (χ1v) is 10.3. The number of nitrogens with zero attached hydrogens (tertiary/aromatic N) is 2. The number of carbonyl (C=O) groups excluding carboxylic acids is 2. The van der Waals surface area contributed by atoms with Crippen molar-refractivity contribution >= 4 is 45.5 Å². The Labute approximate surface area is 171 Å². The Morgan fingerprint density at radius 2 is 2.07 bits per heavy atom. The minimum Gasteiger partial charge on any atom is -0.335 e. The van der Waals surface area contributed by atoms with Crippen LogP contribution >= 0.6 is 22.9 Å². The zero-order valence-electron chi connectivity index (χ0n) is 15.4. The first kappa shape index (κ1) is 20.2. The molecule has 0 saturated carbocycles. The Hall–Kier alpha value is -2.51. The van der Waals surface area contributed by atoms with E-state index in [9.17, 15) is 14.4 Å². The molecule has 0 saturated heterocycles. The van der Waals surface area contributed by atoms with E-state index in [1.807, 2.05) is 18.4 Å². The van der Waals surface area contributed by atoms with Crippen LogP contribution in [0.25, 0.3) is 10.9 Å². The third kappa shape index (κ3) is 4.85. The van der Waals surface area contributed by atoms with Crippen LogP contribution in [0.4, 0.5) is 0 Å². The molecule has 3 aromatic rings. The van der Waals surface area contributed by atoms with Gasteiger partial charge in [0.15, 0.2) is 5.78 Å². The Kier molecular flexibility index (Phi) is 6.59. The van der Waals surface area contributed by atoms with Crippen molar-refractivity contribution in [2.24, 2.45) is 0 Å². The van der Waals surface area contributed by atoms with Crippen molar-refractivity contribution in [1.29, 1.82) is 0 Å². The van der Waals surface area contributed by atoms with Crippen LogP contribution in [0.1, 0.15) is 41.7 Å². The molecular formula is C20H20ClN3O3S. The maximum atomic E-state index is 12.7. The lowest BCUT2D eigenvalue weighted by molar-refractivity contribution is -0.131. The number of H-pyrrole nitrogens is 1. The lowest BCUT2D eigenvalue weighted by atomic mass is 10.1. The summed E-state index contributed by atoms with van der Waals surface area (Å²) in [5.41, 5.74) is 0.219. The van der Waals surface area contributed by atoms with Crippen LogP contribution < -0.4 is 5.56 Å². The Bertz CT molecular complexity index is 1050. The number of halogens is 1. The molecule has 0 aliphatic rings. The molecule has 0 spiro atoms. The summed E-state index contributed by atoms with van der Waals surface area (Å²) in [6.07, 6.45) is 1.05. The summed E-state index contributed by atoms with van der Waals surface area (Å²) in [5, 5.41) is 2.78. The molecule has 1 N–H and O–H groups in total. The van der Waals surface area contributed by atoms with E-state index in [4.69, 9.17) is 11.6 Å². The summed E-state index contributed by atoms with van der Waals surface area (Å²) < 4.78 is 0. The highest BCUT2D eigenvalue weighted by Gasteiger charge is 2.17. The van der Waals surface area contributed by atoms with Crippen molar-refractivity contribution in [3.05, 3.63) is 61.8 Å². The van der Waals surface area contributed by atoms with Gasteiger partial charge in [-0.2, -0.15) is 0 Å². The van der Waals surface area contributed by atoms with Crippen molar-refractivity contribution in [2.45, 2.75) is 32.7 Å². The fraction of sp³-hybridized carbons (Fsp3) is 0.300. The molecule has 0 atom stereocenters. The van der Waals surface area contributed by atoms with Gasteiger partial charge in [-0.15, -0.1) is 11.3 Å². The second kappa shape index (κ2) is 9.12. The summed E-state index contributed by atoms with van der Waals surface area (Å²) >= 11 is 7.37. The highest BCUT2D eigenvalue weighted by molar-refractivity contribution is 7.12. The number of rotatable bonds is 8. The topological polar surface area (TPSA) is 83.1 Å². The molecule has 8 heteroatoms. The molecule has 2 aromatic heterocycles. The van der Waals surface area contributed by atoms with E-state index in [0.29, 0.717) is 33.2 Å². The molecule has 2 heterocycles. The third-order valence-electron chi connectivity index (χ3n) is 4.27. The second-order valence-corrected chi connectivity index (χ2v) is 7.77. The van der Waals surface area contributed by atoms with Crippen LogP contribution in [0, 0.1) is 0 Å². The fourth-order valence-corrected chi connectivity index (χ4v) is 3.78. The number of ketones is 1. The fourth-order valence-electron chi connectivity index (χ4n) is 2.92. The molecule has 1 aromatic carbocycles. The van der Waals surface area contributed by atoms with Gasteiger partial charge >= 0.3 is 0 Å². The van der Waals surface area contributed by atoms with Gasteiger partial charge in [0.25, 0.3) is 5.56 Å². The van der Waals surface area contributed by atoms with Gasteiger partial charge in [0.2, 0.25) is 5.91 Å². The number of thiophene rings is 1. The third-order valence-corrected chi connectivity index (χ3v) is 5.41. The van der Waals surface area contributed by atoms with E-state index in [1.165, 1.54) is 11.3 Å². The van der Waals surface area contributed by atoms with E-state index in [0.717, 1.165) is 6.42 Å². The Morgan fingerprint density at radius 1 is 1.25 bits per heavy atom. The molecule has 28 heavy (non-hydrogen) atoms. The van der Waals surface area contributed by atoms with Gasteiger partial charge in [0.05, 0.1) is 22.3 Å². The van der Waals surface area contributed by atoms with Crippen LogP contribution in [0.5, 0.6) is 0 Å². The van der Waals surface area contributed by atoms with Crippen LogP contribution in [-0.2, 0) is 11.3 Å². The molecule has 0 unspecified atom stereocenters. The smallest absolute Gasteiger partial charge is 0.258 e. The number of aromatic nitrogens is 2. The van der Waals surface area contributed by atoms with E-state index in [1.54, 1.807) is 29.2 Å². The number of hydrogen-bond acceptors (Lipinski definition) is 5. The van der Waals surface area contributed by atoms with Gasteiger partial charge < -0.3 is 9.88 Å². The molecule has 6 nitrogen and oxygen atoms in total. The molecule has 1 amide bonds. The number of carbonyl (C=O) groups is 2. The van der Waals surface area contributed by atoms with Gasteiger partial charge in [0.1, 0.15) is 5.82 Å². The lowest BCUT2D eigenvalue weighted by Crippen LogP contribution is -2.33. The molecular weight excluding hydrogens is 398 g/mol. The summed E-state index contributed by atoms with van der Waals surface area (Å²) in [4.78, 5) is 46.5. The number of aromatic amines is 1. The summed E-state index contributed by atoms with van der Waals surface area (Å²) in [6.45, 7) is 2.66. The van der Waals surface area contributed by atoms with Crippen LogP contribution in [0.15, 0.2) is 40.5 Å². The average Bonchev–Trinajstić information content (AvgIpc) is 3.20. The van der Waals surface area contributed by atoms with Crippen LogP contribution in [-0.4, -0.2) is 33.1 Å². The first-order valence-electron chi connectivity index (χ1n) is 9.01. The van der Waals surface area contributed by atoms with Gasteiger partial charge in [-0.05, 0) is 36.1 Å². The van der Waals surface area contributed by atoms with E-state index in [2.05, 4.69) is 9.97 Å². The van der Waals surface area contributed by atoms with Crippen molar-refractivity contribution in [2.75, 3.05) is 6.54 Å². The van der Waals surface area contributed by atoms with E-state index in [-0.39, 0.29) is 36.6 Å². The molecule has 3 rings (SSSR count). The Morgan fingerprint density at radius 3 is 2.79 bits per heavy atom.